The van der Waals surface area contributed by atoms with Gasteiger partial charge < -0.3 is 32.6 Å². The minimum Gasteiger partial charge on any atom is -1.00 e. The van der Waals surface area contributed by atoms with E-state index in [-0.39, 0.29) is 35.6 Å². The molecule has 0 radical (unpaired) electrons. The lowest BCUT2D eigenvalue weighted by Gasteiger charge is -2.32. The molecule has 5 rings (SSSR count). The summed E-state index contributed by atoms with van der Waals surface area (Å²) in [6.07, 6.45) is 3.28. The van der Waals surface area contributed by atoms with Gasteiger partial charge in [0.05, 0.1) is 35.4 Å². The van der Waals surface area contributed by atoms with Gasteiger partial charge in [-0.3, -0.25) is 4.79 Å². The van der Waals surface area contributed by atoms with Crippen molar-refractivity contribution in [3.05, 3.63) is 117 Å². The first-order valence-electron chi connectivity index (χ1n) is 14.1. The summed E-state index contributed by atoms with van der Waals surface area (Å²) < 4.78 is 37.8. The zero-order chi connectivity index (χ0) is 32.3. The highest BCUT2D eigenvalue weighted by Gasteiger charge is 2.43. The zero-order valence-corrected chi connectivity index (χ0v) is 27.6. The van der Waals surface area contributed by atoms with Gasteiger partial charge in [0.1, 0.15) is 29.5 Å². The monoisotopic (exact) mass is 708 g/mol. The predicted octanol–water partition coefficient (Wildman–Crippen LogP) is 1.67. The van der Waals surface area contributed by atoms with Crippen molar-refractivity contribution in [2.75, 3.05) is 6.54 Å². The van der Waals surface area contributed by atoms with Crippen molar-refractivity contribution in [2.45, 2.75) is 45.4 Å². The van der Waals surface area contributed by atoms with Gasteiger partial charge in [0.2, 0.25) is 6.33 Å². The molecule has 0 unspecified atom stereocenters. The van der Waals surface area contributed by atoms with Crippen molar-refractivity contribution in [1.82, 2.24) is 14.8 Å². The number of nitrogens with two attached hydrogens (primary N) is 1. The van der Waals surface area contributed by atoms with E-state index in [0.717, 1.165) is 34.4 Å². The second-order valence-electron chi connectivity index (χ2n) is 10.9. The number of aryl methyl sites for hydroxylation is 2. The van der Waals surface area contributed by atoms with Crippen LogP contribution >= 0.6 is 11.3 Å². The van der Waals surface area contributed by atoms with E-state index in [4.69, 9.17) is 20.7 Å². The van der Waals surface area contributed by atoms with Gasteiger partial charge in [-0.1, -0.05) is 25.1 Å². The van der Waals surface area contributed by atoms with Gasteiger partial charge in [-0.2, -0.15) is 5.26 Å². The summed E-state index contributed by atoms with van der Waals surface area (Å²) in [5.74, 6) is -2.40. The Hall–Kier alpha value is -4.35. The van der Waals surface area contributed by atoms with Crippen LogP contribution in [0.3, 0.4) is 0 Å². The van der Waals surface area contributed by atoms with Crippen molar-refractivity contribution < 1.29 is 45.0 Å². The SMILES string of the molecule is Cc1cc(C[n+]2cnn(C[C@](O)(c3ccc(F)cc3F)[C@@H](C)c3nc(-c4ccc(C#N)cc4)cs3)c2)cc(C)c1OC(=O)CN.[Br-]. The molecule has 3 aromatic carbocycles. The maximum absolute atomic E-state index is 15.3. The van der Waals surface area contributed by atoms with Crippen LogP contribution < -0.4 is 32.0 Å². The highest BCUT2D eigenvalue weighted by atomic mass is 79.9. The van der Waals surface area contributed by atoms with Crippen LogP contribution in [-0.2, 0) is 23.5 Å². The molecular weight excluding hydrogens is 678 g/mol. The molecule has 0 spiro atoms. The third kappa shape index (κ3) is 7.37. The number of rotatable bonds is 10. The fourth-order valence-corrected chi connectivity index (χ4v) is 6.24. The molecule has 238 valence electrons. The van der Waals surface area contributed by atoms with E-state index in [2.05, 4.69) is 11.2 Å². The fraction of sp³-hybridized carbons (Fsp3) is 0.242. The van der Waals surface area contributed by atoms with Gasteiger partial charge in [0.25, 0.3) is 6.33 Å². The van der Waals surface area contributed by atoms with Crippen molar-refractivity contribution in [2.24, 2.45) is 5.73 Å². The second-order valence-corrected chi connectivity index (χ2v) is 11.8. The van der Waals surface area contributed by atoms with Gasteiger partial charge in [-0.25, -0.2) is 18.3 Å². The maximum atomic E-state index is 15.3. The quantitative estimate of drug-likeness (QED) is 0.128. The van der Waals surface area contributed by atoms with Crippen LogP contribution in [0.25, 0.3) is 11.3 Å². The van der Waals surface area contributed by atoms with Crippen LogP contribution in [0, 0.1) is 36.8 Å². The maximum Gasteiger partial charge on any atom is 0.325 e. The molecule has 2 heterocycles. The molecule has 9 nitrogen and oxygen atoms in total. The molecule has 0 saturated heterocycles. The number of hydrogen-bond donors (Lipinski definition) is 2. The molecule has 2 aromatic heterocycles. The van der Waals surface area contributed by atoms with E-state index in [0.29, 0.717) is 28.6 Å². The average Bonchev–Trinajstić information content (AvgIpc) is 3.68. The predicted molar refractivity (Wildman–Crippen MR) is 163 cm³/mol. The highest BCUT2D eigenvalue weighted by Crippen LogP contribution is 2.41. The van der Waals surface area contributed by atoms with Gasteiger partial charge in [0.15, 0.2) is 0 Å². The number of carbonyl (C=O) groups is 1. The number of thiazole rings is 1. The van der Waals surface area contributed by atoms with Crippen molar-refractivity contribution in [3.8, 4) is 23.1 Å². The number of hydrogen-bond acceptors (Lipinski definition) is 8. The van der Waals surface area contributed by atoms with Crippen LogP contribution in [0.1, 0.15) is 45.7 Å². The van der Waals surface area contributed by atoms with Crippen LogP contribution in [-0.4, -0.2) is 32.4 Å². The standard InChI is InChI=1S/C33H31F2N6O3S.BrH/c1-20-10-24(11-21(2)31(20)44-30(42)14-37)15-40-18-38-41(19-40)17-33(43,27-9-8-26(34)12-28(27)35)22(3)32-39-29(16-45-32)25-6-4-23(13-36)5-7-25;/h4-12,16,18-19,22,43H,14-15,17,37H2,1-3H3;1H/q+1;/p-1/t22-,33+;/m0./s1. The Bertz CT molecular complexity index is 1880. The van der Waals surface area contributed by atoms with Crippen LogP contribution in [0.2, 0.25) is 0 Å². The van der Waals surface area contributed by atoms with E-state index in [1.807, 2.05) is 31.4 Å². The Morgan fingerprint density at radius 2 is 1.87 bits per heavy atom. The molecule has 0 saturated carbocycles. The number of halogens is 3. The fourth-order valence-electron chi connectivity index (χ4n) is 5.27. The second kappa shape index (κ2) is 14.4. The first-order chi connectivity index (χ1) is 21.5. The van der Waals surface area contributed by atoms with Gasteiger partial charge in [-0.15, -0.1) is 16.0 Å². The minimum absolute atomic E-state index is 0. The van der Waals surface area contributed by atoms with E-state index in [1.165, 1.54) is 22.1 Å². The molecule has 0 amide bonds. The molecule has 5 aromatic rings. The Morgan fingerprint density at radius 3 is 2.50 bits per heavy atom. The molecule has 0 fully saturated rings. The lowest BCUT2D eigenvalue weighted by Crippen LogP contribution is -3.00. The van der Waals surface area contributed by atoms with Crippen molar-refractivity contribution in [1.29, 1.82) is 5.26 Å². The van der Waals surface area contributed by atoms with E-state index in [1.54, 1.807) is 48.4 Å². The molecule has 2 atom stereocenters. The molecule has 0 aliphatic carbocycles. The normalized spacial score (nSPS) is 12.9. The van der Waals surface area contributed by atoms with Crippen molar-refractivity contribution >= 4 is 17.3 Å². The first-order valence-corrected chi connectivity index (χ1v) is 14.9. The lowest BCUT2D eigenvalue weighted by atomic mass is 9.82. The average molecular weight is 710 g/mol. The van der Waals surface area contributed by atoms with Gasteiger partial charge in [-0.05, 0) is 60.9 Å². The Labute approximate surface area is 279 Å². The number of carbonyl (C=O) groups excluding carboxylic acids is 1. The summed E-state index contributed by atoms with van der Waals surface area (Å²) >= 11 is 1.31. The summed E-state index contributed by atoms with van der Waals surface area (Å²) in [4.78, 5) is 16.4. The number of aromatic nitrogens is 4. The Balaban J connectivity index is 0.00000480. The summed E-state index contributed by atoms with van der Waals surface area (Å²) in [7, 11) is 0. The smallest absolute Gasteiger partial charge is 0.325 e. The summed E-state index contributed by atoms with van der Waals surface area (Å²) in [6.45, 7) is 5.48. The molecule has 0 bridgehead atoms. The van der Waals surface area contributed by atoms with E-state index < -0.39 is 29.1 Å². The van der Waals surface area contributed by atoms with E-state index >= 15 is 4.39 Å². The van der Waals surface area contributed by atoms with Crippen LogP contribution in [0.15, 0.2) is 72.6 Å². The number of benzene rings is 3. The summed E-state index contributed by atoms with van der Waals surface area (Å²) in [5, 5.41) is 28.1. The first kappa shape index (κ1) is 34.5. The number of esters is 1. The van der Waals surface area contributed by atoms with Crippen molar-refractivity contribution in [3.63, 3.8) is 0 Å². The third-order valence-electron chi connectivity index (χ3n) is 7.62. The van der Waals surface area contributed by atoms with Gasteiger partial charge in [0, 0.05) is 33.6 Å². The van der Waals surface area contributed by atoms with Crippen LogP contribution in [0.5, 0.6) is 5.75 Å². The number of ether oxygens (including phenoxy) is 1. The highest BCUT2D eigenvalue weighted by molar-refractivity contribution is 7.10. The van der Waals surface area contributed by atoms with Gasteiger partial charge >= 0.3 is 5.97 Å². The number of nitrogens with zero attached hydrogens (tertiary/aromatic N) is 5. The molecule has 3 N–H and O–H groups in total. The Kier molecular flexibility index (Phi) is 10.8. The number of nitriles is 1. The molecule has 46 heavy (non-hydrogen) atoms. The largest absolute Gasteiger partial charge is 1.00 e. The topological polar surface area (TPSA) is 131 Å². The molecular formula is C33H31BrF2N6O3S. The summed E-state index contributed by atoms with van der Waals surface area (Å²) in [6, 6.07) is 16.0. The molecule has 13 heteroatoms. The minimum atomic E-state index is -1.86. The van der Waals surface area contributed by atoms with E-state index in [9.17, 15) is 14.3 Å². The zero-order valence-electron chi connectivity index (χ0n) is 25.2. The molecule has 0 aliphatic heterocycles. The number of aliphatic hydroxyl groups is 1. The molecule has 0 aliphatic rings. The summed E-state index contributed by atoms with van der Waals surface area (Å²) in [5.41, 5.74) is 7.89. The Morgan fingerprint density at radius 1 is 1.17 bits per heavy atom. The lowest BCUT2D eigenvalue weighted by molar-refractivity contribution is -0.689. The van der Waals surface area contributed by atoms with Crippen LogP contribution in [0.4, 0.5) is 8.78 Å². The third-order valence-corrected chi connectivity index (χ3v) is 8.64.